The fraction of sp³-hybridized carbons (Fsp3) is 0. The second-order valence-electron chi connectivity index (χ2n) is 5.85. The first-order valence-electron chi connectivity index (χ1n) is 8.33. The minimum Gasteiger partial charge on any atom is -0.256 e. The number of nitrogens with zero attached hydrogens (tertiary/aromatic N) is 3. The second kappa shape index (κ2) is 7.00. The number of aromatic nitrogens is 2. The third-order valence-corrected chi connectivity index (χ3v) is 4.26. The van der Waals surface area contributed by atoms with Gasteiger partial charge in [-0.3, -0.25) is 9.97 Å². The van der Waals surface area contributed by atoms with E-state index in [-0.39, 0.29) is 0 Å². The van der Waals surface area contributed by atoms with Gasteiger partial charge in [0.25, 0.3) is 0 Å². The van der Waals surface area contributed by atoms with Crippen LogP contribution in [-0.2, 0) is 0 Å². The van der Waals surface area contributed by atoms with Crippen molar-refractivity contribution in [1.82, 2.24) is 9.97 Å². The molecule has 0 fully saturated rings. The number of hydrogen-bond donors (Lipinski definition) is 0. The average molecular weight is 333 g/mol. The molecule has 2 aromatic heterocycles. The SMILES string of the molecule is N#Cc1ccccc1-c1ccc(-c2ccccn2)c(-c2ccccn2)c1. The molecule has 0 spiro atoms. The second-order valence-corrected chi connectivity index (χ2v) is 5.85. The molecule has 4 rings (SSSR count). The fourth-order valence-electron chi connectivity index (χ4n) is 3.02. The summed E-state index contributed by atoms with van der Waals surface area (Å²) in [4.78, 5) is 9.01. The summed E-state index contributed by atoms with van der Waals surface area (Å²) in [7, 11) is 0. The Morgan fingerprint density at radius 3 is 1.92 bits per heavy atom. The molecule has 0 atom stereocenters. The predicted octanol–water partition coefficient (Wildman–Crippen LogP) is 5.35. The van der Waals surface area contributed by atoms with Gasteiger partial charge in [-0.05, 0) is 47.5 Å². The Kier molecular flexibility index (Phi) is 4.24. The van der Waals surface area contributed by atoms with Gasteiger partial charge in [0.05, 0.1) is 23.0 Å². The van der Waals surface area contributed by atoms with Gasteiger partial charge in [-0.25, -0.2) is 0 Å². The summed E-state index contributed by atoms with van der Waals surface area (Å²) >= 11 is 0. The first kappa shape index (κ1) is 15.7. The van der Waals surface area contributed by atoms with Gasteiger partial charge in [0.1, 0.15) is 0 Å². The molecule has 0 N–H and O–H groups in total. The molecule has 0 saturated carbocycles. The molecule has 3 heteroatoms. The summed E-state index contributed by atoms with van der Waals surface area (Å²) in [6.07, 6.45) is 3.57. The van der Waals surface area contributed by atoms with E-state index in [1.165, 1.54) is 0 Å². The maximum Gasteiger partial charge on any atom is 0.0998 e. The van der Waals surface area contributed by atoms with Crippen molar-refractivity contribution in [3.63, 3.8) is 0 Å². The van der Waals surface area contributed by atoms with Crippen LogP contribution in [0.25, 0.3) is 33.6 Å². The van der Waals surface area contributed by atoms with Crippen LogP contribution in [0.4, 0.5) is 0 Å². The van der Waals surface area contributed by atoms with Crippen molar-refractivity contribution in [2.24, 2.45) is 0 Å². The molecule has 2 heterocycles. The number of nitriles is 1. The zero-order valence-electron chi connectivity index (χ0n) is 14.0. The molecule has 0 aliphatic carbocycles. The molecule has 122 valence electrons. The maximum absolute atomic E-state index is 9.43. The lowest BCUT2D eigenvalue weighted by atomic mass is 9.93. The van der Waals surface area contributed by atoms with Crippen molar-refractivity contribution in [2.45, 2.75) is 0 Å². The first-order valence-corrected chi connectivity index (χ1v) is 8.33. The Hall–Kier alpha value is -3.77. The van der Waals surface area contributed by atoms with Gasteiger partial charge in [0.15, 0.2) is 0 Å². The number of benzene rings is 2. The van der Waals surface area contributed by atoms with Crippen molar-refractivity contribution in [3.8, 4) is 39.7 Å². The Balaban J connectivity index is 1.95. The summed E-state index contributed by atoms with van der Waals surface area (Å²) in [5.74, 6) is 0. The summed E-state index contributed by atoms with van der Waals surface area (Å²) in [5, 5.41) is 9.43. The van der Waals surface area contributed by atoms with E-state index >= 15 is 0 Å². The Morgan fingerprint density at radius 1 is 0.615 bits per heavy atom. The van der Waals surface area contributed by atoms with E-state index in [1.54, 1.807) is 12.4 Å². The maximum atomic E-state index is 9.43. The van der Waals surface area contributed by atoms with Crippen molar-refractivity contribution >= 4 is 0 Å². The Morgan fingerprint density at radius 2 is 1.27 bits per heavy atom. The highest BCUT2D eigenvalue weighted by Gasteiger charge is 2.12. The fourth-order valence-corrected chi connectivity index (χ4v) is 3.02. The molecule has 0 radical (unpaired) electrons. The molecule has 0 saturated heterocycles. The van der Waals surface area contributed by atoms with Crippen LogP contribution in [-0.4, -0.2) is 9.97 Å². The van der Waals surface area contributed by atoms with Gasteiger partial charge in [0, 0.05) is 23.5 Å². The van der Waals surface area contributed by atoms with Crippen LogP contribution in [0.15, 0.2) is 91.3 Å². The summed E-state index contributed by atoms with van der Waals surface area (Å²) < 4.78 is 0. The van der Waals surface area contributed by atoms with Gasteiger partial charge < -0.3 is 0 Å². The minimum absolute atomic E-state index is 0.657. The lowest BCUT2D eigenvalue weighted by molar-refractivity contribution is 1.30. The van der Waals surface area contributed by atoms with Gasteiger partial charge in [-0.2, -0.15) is 5.26 Å². The molecular formula is C23H15N3. The molecule has 3 nitrogen and oxygen atoms in total. The molecule has 26 heavy (non-hydrogen) atoms. The third kappa shape index (κ3) is 2.97. The van der Waals surface area contributed by atoms with Gasteiger partial charge >= 0.3 is 0 Å². The monoisotopic (exact) mass is 333 g/mol. The predicted molar refractivity (Wildman–Crippen MR) is 103 cm³/mol. The number of hydrogen-bond acceptors (Lipinski definition) is 3. The van der Waals surface area contributed by atoms with E-state index in [0.717, 1.165) is 33.6 Å². The normalized spacial score (nSPS) is 10.3. The van der Waals surface area contributed by atoms with Crippen LogP contribution in [0.2, 0.25) is 0 Å². The highest BCUT2D eigenvalue weighted by Crippen LogP contribution is 2.34. The van der Waals surface area contributed by atoms with Crippen LogP contribution in [0.3, 0.4) is 0 Å². The molecule has 0 amide bonds. The zero-order valence-corrected chi connectivity index (χ0v) is 14.0. The van der Waals surface area contributed by atoms with E-state index in [1.807, 2.05) is 66.7 Å². The smallest absolute Gasteiger partial charge is 0.0998 e. The van der Waals surface area contributed by atoms with Crippen LogP contribution in [0.5, 0.6) is 0 Å². The largest absolute Gasteiger partial charge is 0.256 e. The Bertz CT molecular complexity index is 1080. The van der Waals surface area contributed by atoms with Gasteiger partial charge in [-0.1, -0.05) is 42.5 Å². The van der Waals surface area contributed by atoms with E-state index in [4.69, 9.17) is 0 Å². The average Bonchev–Trinajstić information content (AvgIpc) is 2.74. The molecular weight excluding hydrogens is 318 g/mol. The van der Waals surface area contributed by atoms with Crippen molar-refractivity contribution in [1.29, 1.82) is 5.26 Å². The third-order valence-electron chi connectivity index (χ3n) is 4.26. The quantitative estimate of drug-likeness (QED) is 0.508. The number of pyridine rings is 2. The molecule has 0 unspecified atom stereocenters. The standard InChI is InChI=1S/C23H15N3/c24-16-18-7-1-2-8-19(18)17-11-12-20(22-9-3-5-13-25-22)21(15-17)23-10-4-6-14-26-23/h1-15H. The Labute approximate surface area is 152 Å². The lowest BCUT2D eigenvalue weighted by Crippen LogP contribution is -1.92. The van der Waals surface area contributed by atoms with Crippen LogP contribution >= 0.6 is 0 Å². The zero-order chi connectivity index (χ0) is 17.8. The topological polar surface area (TPSA) is 49.6 Å². The lowest BCUT2D eigenvalue weighted by Gasteiger charge is -2.12. The van der Waals surface area contributed by atoms with E-state index in [9.17, 15) is 5.26 Å². The first-order chi connectivity index (χ1) is 12.9. The van der Waals surface area contributed by atoms with E-state index in [0.29, 0.717) is 5.56 Å². The summed E-state index contributed by atoms with van der Waals surface area (Å²) in [6, 6.07) is 27.8. The minimum atomic E-state index is 0.657. The molecule has 2 aromatic carbocycles. The van der Waals surface area contributed by atoms with E-state index in [2.05, 4.69) is 28.2 Å². The van der Waals surface area contributed by atoms with Crippen molar-refractivity contribution in [2.75, 3.05) is 0 Å². The van der Waals surface area contributed by atoms with Gasteiger partial charge in [-0.15, -0.1) is 0 Å². The van der Waals surface area contributed by atoms with Gasteiger partial charge in [0.2, 0.25) is 0 Å². The van der Waals surface area contributed by atoms with Crippen molar-refractivity contribution in [3.05, 3.63) is 96.8 Å². The molecule has 0 bridgehead atoms. The van der Waals surface area contributed by atoms with Crippen LogP contribution < -0.4 is 0 Å². The molecule has 4 aromatic rings. The highest BCUT2D eigenvalue weighted by atomic mass is 14.7. The molecule has 0 aliphatic heterocycles. The van der Waals surface area contributed by atoms with Crippen LogP contribution in [0.1, 0.15) is 5.56 Å². The highest BCUT2D eigenvalue weighted by molar-refractivity contribution is 5.85. The summed E-state index contributed by atoms with van der Waals surface area (Å²) in [6.45, 7) is 0. The van der Waals surface area contributed by atoms with Crippen LogP contribution in [0, 0.1) is 11.3 Å². The van der Waals surface area contributed by atoms with Crippen molar-refractivity contribution < 1.29 is 0 Å². The molecule has 0 aliphatic rings. The summed E-state index contributed by atoms with van der Waals surface area (Å²) in [5.41, 5.74) is 6.35. The van der Waals surface area contributed by atoms with E-state index < -0.39 is 0 Å². The number of rotatable bonds is 3.